The van der Waals surface area contributed by atoms with Crippen molar-refractivity contribution in [3.63, 3.8) is 0 Å². The molecular formula is C55H89N5O18. The number of carbonyl (C=O) groups is 3. The molecule has 1 amide bonds. The van der Waals surface area contributed by atoms with E-state index in [1.165, 1.54) is 27.2 Å². The number of rotatable bonds is 17. The third kappa shape index (κ3) is 14.7. The van der Waals surface area contributed by atoms with Crippen LogP contribution in [0.2, 0.25) is 0 Å². The molecule has 18 atom stereocenters. The average Bonchev–Trinajstić information content (AvgIpc) is 3.43. The molecule has 23 heteroatoms. The van der Waals surface area contributed by atoms with Gasteiger partial charge in [0, 0.05) is 76.2 Å². The Bertz CT molecular complexity index is 2430. The van der Waals surface area contributed by atoms with Gasteiger partial charge in [-0.15, -0.1) is 0 Å². The molecule has 4 heterocycles. The number of esters is 1. The minimum atomic E-state index is -2.04. The number of pyridine rings is 1. The minimum Gasteiger partial charge on any atom is -0.477 e. The number of amides is 1. The molecule has 0 saturated carbocycles. The van der Waals surface area contributed by atoms with E-state index in [0.717, 1.165) is 5.56 Å². The second-order valence-corrected chi connectivity index (χ2v) is 22.8. The molecule has 0 aliphatic carbocycles. The minimum absolute atomic E-state index is 0.0261. The van der Waals surface area contributed by atoms with Crippen molar-refractivity contribution in [2.24, 2.45) is 28.8 Å². The van der Waals surface area contributed by atoms with E-state index in [1.54, 1.807) is 84.4 Å². The lowest BCUT2D eigenvalue weighted by Crippen LogP contribution is -2.61. The summed E-state index contributed by atoms with van der Waals surface area (Å²) in [4.78, 5) is 54.5. The molecule has 3 saturated heterocycles. The monoisotopic (exact) mass is 1110 g/mol. The van der Waals surface area contributed by atoms with Crippen LogP contribution < -0.4 is 15.8 Å². The van der Waals surface area contributed by atoms with Gasteiger partial charge in [-0.25, -0.2) is 9.59 Å². The Hall–Kier alpha value is -4.53. The maximum Gasteiger partial charge on any atom is 0.407 e. The Morgan fingerprint density at radius 3 is 2.22 bits per heavy atom. The van der Waals surface area contributed by atoms with Crippen LogP contribution in [0.4, 0.5) is 4.79 Å². The van der Waals surface area contributed by atoms with Crippen LogP contribution in [0.15, 0.2) is 34.3 Å². The van der Waals surface area contributed by atoms with Crippen molar-refractivity contribution in [3.8, 4) is 0 Å². The first-order chi connectivity index (χ1) is 36.4. The van der Waals surface area contributed by atoms with Crippen LogP contribution >= 0.6 is 0 Å². The van der Waals surface area contributed by atoms with Crippen molar-refractivity contribution in [3.05, 3.63) is 45.7 Å². The second kappa shape index (κ2) is 26.8. The van der Waals surface area contributed by atoms with Crippen molar-refractivity contribution in [1.29, 1.82) is 0 Å². The van der Waals surface area contributed by atoms with Crippen molar-refractivity contribution in [1.82, 2.24) is 14.9 Å². The van der Waals surface area contributed by atoms with Crippen LogP contribution in [0, 0.1) is 23.7 Å². The van der Waals surface area contributed by atoms with E-state index in [-0.39, 0.29) is 55.8 Å². The molecule has 0 spiro atoms. The van der Waals surface area contributed by atoms with Gasteiger partial charge >= 0.3 is 18.0 Å². The average molecular weight is 1110 g/mol. The molecule has 7 N–H and O–H groups in total. The third-order valence-electron chi connectivity index (χ3n) is 16.1. The number of hydrogen-bond donors (Lipinski definition) is 7. The number of aliphatic hydroxyl groups is 4. The summed E-state index contributed by atoms with van der Waals surface area (Å²) >= 11 is 0. The zero-order valence-electron chi connectivity index (χ0n) is 48.2. The number of carboxylic acid groups (broad SMARTS) is 1. The fourth-order valence-electron chi connectivity index (χ4n) is 11.7. The Kier molecular flexibility index (Phi) is 22.1. The number of fused-ring (bicyclic) bond motifs is 1. The number of aliphatic hydroxyl groups excluding tert-OH is 2. The number of aromatic carboxylic acids is 1. The molecule has 3 aliphatic heterocycles. The molecule has 0 bridgehead atoms. The highest BCUT2D eigenvalue weighted by molar-refractivity contribution is 5.93. The van der Waals surface area contributed by atoms with Gasteiger partial charge in [-0.1, -0.05) is 38.9 Å². The van der Waals surface area contributed by atoms with Crippen LogP contribution in [0.5, 0.6) is 0 Å². The number of likely N-dealkylation sites (N-methyl/N-ethyl adjacent to an activating group) is 1. The second-order valence-electron chi connectivity index (χ2n) is 22.8. The van der Waals surface area contributed by atoms with Crippen LogP contribution in [0.25, 0.3) is 10.9 Å². The van der Waals surface area contributed by atoms with Crippen molar-refractivity contribution >= 4 is 34.6 Å². The van der Waals surface area contributed by atoms with Crippen LogP contribution in [-0.4, -0.2) is 203 Å². The number of carboxylic acids is 1. The molecule has 1 aromatic heterocycles. The summed E-state index contributed by atoms with van der Waals surface area (Å²) in [5, 5.41) is 76.3. The lowest BCUT2D eigenvalue weighted by Gasteiger charge is -2.49. The van der Waals surface area contributed by atoms with Gasteiger partial charge in [-0.3, -0.25) is 14.3 Å². The van der Waals surface area contributed by atoms with E-state index in [0.29, 0.717) is 36.8 Å². The van der Waals surface area contributed by atoms with Crippen LogP contribution in [0.1, 0.15) is 117 Å². The fraction of sp³-hybridized carbons (Fsp3) is 0.764. The molecule has 442 valence electrons. The Morgan fingerprint density at radius 1 is 0.936 bits per heavy atom. The molecule has 0 radical (unpaired) electrons. The zero-order chi connectivity index (χ0) is 58.4. The van der Waals surface area contributed by atoms with E-state index < -0.39 is 119 Å². The number of nitrogens with one attached hydrogen (secondary N) is 1. The highest BCUT2D eigenvalue weighted by atomic mass is 16.7. The van der Waals surface area contributed by atoms with Crippen molar-refractivity contribution < 1.29 is 83.0 Å². The smallest absolute Gasteiger partial charge is 0.407 e. The first kappa shape index (κ1) is 64.3. The first-order valence-corrected chi connectivity index (χ1v) is 27.1. The summed E-state index contributed by atoms with van der Waals surface area (Å²) in [6.07, 6.45) is -8.95. The van der Waals surface area contributed by atoms with Crippen LogP contribution in [-0.2, 0) is 49.1 Å². The zero-order valence-corrected chi connectivity index (χ0v) is 48.2. The summed E-state index contributed by atoms with van der Waals surface area (Å²) in [5.41, 5.74) is -4.53. The van der Waals surface area contributed by atoms with E-state index >= 15 is 0 Å². The fourth-order valence-corrected chi connectivity index (χ4v) is 11.7. The van der Waals surface area contributed by atoms with Crippen molar-refractivity contribution in [2.45, 2.75) is 192 Å². The van der Waals surface area contributed by atoms with Gasteiger partial charge < -0.3 is 83.9 Å². The number of ether oxygens (including phenoxy) is 8. The van der Waals surface area contributed by atoms with Gasteiger partial charge in [0.05, 0.1) is 59.9 Å². The molecule has 0 unspecified atom stereocenters. The normalized spacial score (nSPS) is 36.9. The number of benzene rings is 1. The molecule has 23 nitrogen and oxygen atoms in total. The number of hydrogen-bond acceptors (Lipinski definition) is 20. The van der Waals surface area contributed by atoms with Gasteiger partial charge in [0.2, 0.25) is 5.43 Å². The first-order valence-electron chi connectivity index (χ1n) is 27.1. The summed E-state index contributed by atoms with van der Waals surface area (Å²) in [5.74, 6) is -5.93. The van der Waals surface area contributed by atoms with Gasteiger partial charge in [-0.05, 0) is 105 Å². The molecule has 78 heavy (non-hydrogen) atoms. The lowest BCUT2D eigenvalue weighted by molar-refractivity contribution is -0.317. The van der Waals surface area contributed by atoms with E-state index in [1.807, 2.05) is 32.0 Å². The molecule has 3 aliphatic rings. The predicted octanol–water partition coefficient (Wildman–Crippen LogP) is 3.64. The van der Waals surface area contributed by atoms with Gasteiger partial charge in [0.15, 0.2) is 18.7 Å². The molecule has 1 aromatic carbocycles. The van der Waals surface area contributed by atoms with Crippen LogP contribution in [0.3, 0.4) is 0 Å². The Labute approximate surface area is 458 Å². The lowest BCUT2D eigenvalue weighted by atomic mass is 9.73. The SMILES string of the molecule is CC[C@H]1OC(=O)[C@H](C)[C@@H](O[C@H]2C[C@@](C)(OC)[C@@H](OC(=O)NCCOCCCc3ccc4c(c3)c(=O)c(C(=O)O)cn4N(C)C)[C@H](C)O2)[C@H](C)[C@@H](O[C@@H]2O[C@H](C)C[C@H](N(C)C)[C@H]2O)[C@](C)(O)C[C@@H](C)/C(=N\O)[C@H](C)[C@@H](O)[C@]1(C)O. The molecule has 5 rings (SSSR count). The maximum absolute atomic E-state index is 14.5. The van der Waals surface area contributed by atoms with Gasteiger partial charge in [-0.2, -0.15) is 0 Å². The topological polar surface area (TPSA) is 299 Å². The molecule has 2 aromatic rings. The quantitative estimate of drug-likeness (QED) is 0.0515. The van der Waals surface area contributed by atoms with Crippen molar-refractivity contribution in [2.75, 3.05) is 60.1 Å². The highest BCUT2D eigenvalue weighted by Crippen LogP contribution is 2.41. The number of alkyl carbamates (subject to hydrolysis) is 1. The van der Waals surface area contributed by atoms with Gasteiger partial charge in [0.25, 0.3) is 0 Å². The maximum atomic E-state index is 14.5. The standard InChI is InChI=1S/C55H89N5O18/c1-16-40-55(10,69)46(63)31(4)42(57-70)29(2)26-53(8,68)47(77-51-44(62)39(58(11)12)24-30(3)73-51)32(5)45(33(6)50(66)75-40)76-41-27-54(9,71-15)48(34(7)74-41)78-52(67)56-21-23-72-22-17-18-35-19-20-38-36(25-35)43(61)37(49(64)65)28-60(38)59(13)14/h19-20,25,28-34,39-41,44-48,51,62-63,68-70H,16-18,21-24,26-27H2,1-15H3,(H,56,67)(H,64,65)/b57-42+/t29-,30-,31+,32+,33-,34+,39+,40-,41+,44-,45+,46-,47-,48+,51+,53-,54-,55-/m1/s1. The van der Waals surface area contributed by atoms with E-state index in [2.05, 4.69) is 10.5 Å². The van der Waals surface area contributed by atoms with E-state index in [9.17, 15) is 49.9 Å². The molecule has 3 fully saturated rings. The predicted molar refractivity (Wildman–Crippen MR) is 287 cm³/mol. The Balaban J connectivity index is 1.32. The number of aryl methyl sites for hydroxylation is 1. The summed E-state index contributed by atoms with van der Waals surface area (Å²) in [6.45, 7) is 17.0. The Morgan fingerprint density at radius 2 is 1.62 bits per heavy atom. The van der Waals surface area contributed by atoms with Gasteiger partial charge in [0.1, 0.15) is 29.0 Å². The largest absolute Gasteiger partial charge is 0.477 e. The number of methoxy groups -OCH3 is 1. The number of oxime groups is 1. The highest BCUT2D eigenvalue weighted by Gasteiger charge is 2.54. The number of nitrogens with zero attached hydrogens (tertiary/aromatic N) is 4. The number of cyclic esters (lactones) is 1. The number of aromatic nitrogens is 1. The summed E-state index contributed by atoms with van der Waals surface area (Å²) < 4.78 is 51.7. The van der Waals surface area contributed by atoms with E-state index in [4.69, 9.17) is 37.9 Å². The summed E-state index contributed by atoms with van der Waals surface area (Å²) in [7, 11) is 8.62. The number of carbonyl (C=O) groups excluding carboxylic acids is 2. The third-order valence-corrected chi connectivity index (χ3v) is 16.1. The molecular weight excluding hydrogens is 1020 g/mol. The summed E-state index contributed by atoms with van der Waals surface area (Å²) in [6, 6.07) is 4.98.